The van der Waals surface area contributed by atoms with E-state index >= 15 is 0 Å². The lowest BCUT2D eigenvalue weighted by molar-refractivity contribution is -0.127. The standard InChI is InChI=1S/C16H31NO2/c1-5-6-14(18)11-17-15(19)12-7-9-13(10-8-12)16(2,3)4/h12-14,18H,5-11H2,1-4H3,(H,17,19). The molecule has 0 aromatic heterocycles. The van der Waals surface area contributed by atoms with Gasteiger partial charge in [0, 0.05) is 12.5 Å². The molecule has 2 N–H and O–H groups in total. The maximum Gasteiger partial charge on any atom is 0.223 e. The number of carbonyl (C=O) groups is 1. The van der Waals surface area contributed by atoms with Crippen molar-refractivity contribution >= 4 is 5.91 Å². The van der Waals surface area contributed by atoms with Crippen LogP contribution in [-0.4, -0.2) is 23.7 Å². The van der Waals surface area contributed by atoms with E-state index in [1.54, 1.807) is 0 Å². The molecule has 1 aliphatic carbocycles. The number of rotatable bonds is 5. The summed E-state index contributed by atoms with van der Waals surface area (Å²) in [6.07, 6.45) is 5.62. The van der Waals surface area contributed by atoms with Crippen LogP contribution in [0.3, 0.4) is 0 Å². The minimum atomic E-state index is -0.389. The predicted octanol–water partition coefficient (Wildman–Crippen LogP) is 3.12. The molecule has 0 aliphatic heterocycles. The van der Waals surface area contributed by atoms with Crippen molar-refractivity contribution in [2.75, 3.05) is 6.54 Å². The van der Waals surface area contributed by atoms with Crippen LogP contribution in [0.4, 0.5) is 0 Å². The minimum absolute atomic E-state index is 0.141. The van der Waals surface area contributed by atoms with E-state index in [1.165, 1.54) is 0 Å². The molecule has 1 atom stereocenters. The molecule has 1 unspecified atom stereocenters. The summed E-state index contributed by atoms with van der Waals surface area (Å²) in [5, 5.41) is 12.5. The van der Waals surface area contributed by atoms with Crippen molar-refractivity contribution in [3.63, 3.8) is 0 Å². The second kappa shape index (κ2) is 7.28. The smallest absolute Gasteiger partial charge is 0.223 e. The lowest BCUT2D eigenvalue weighted by Gasteiger charge is -2.36. The first-order valence-corrected chi connectivity index (χ1v) is 7.80. The fourth-order valence-electron chi connectivity index (χ4n) is 3.02. The highest BCUT2D eigenvalue weighted by Gasteiger charge is 2.32. The van der Waals surface area contributed by atoms with Crippen LogP contribution >= 0.6 is 0 Å². The summed E-state index contributed by atoms with van der Waals surface area (Å²) in [5.41, 5.74) is 0.360. The molecule has 0 spiro atoms. The number of hydrogen-bond acceptors (Lipinski definition) is 2. The molecule has 1 amide bonds. The first kappa shape index (κ1) is 16.5. The summed E-state index contributed by atoms with van der Waals surface area (Å²) < 4.78 is 0. The molecular weight excluding hydrogens is 238 g/mol. The maximum atomic E-state index is 12.0. The first-order valence-electron chi connectivity index (χ1n) is 7.80. The molecule has 1 aliphatic rings. The number of nitrogens with one attached hydrogen (secondary N) is 1. The quantitative estimate of drug-likeness (QED) is 0.805. The van der Waals surface area contributed by atoms with Gasteiger partial charge < -0.3 is 10.4 Å². The number of carbonyl (C=O) groups excluding carboxylic acids is 1. The fraction of sp³-hybridized carbons (Fsp3) is 0.938. The Labute approximate surface area is 118 Å². The van der Waals surface area contributed by atoms with Gasteiger partial charge >= 0.3 is 0 Å². The van der Waals surface area contributed by atoms with Crippen LogP contribution in [0.25, 0.3) is 0 Å². The van der Waals surface area contributed by atoms with Gasteiger partial charge in [0.2, 0.25) is 5.91 Å². The zero-order valence-corrected chi connectivity index (χ0v) is 13.0. The second-order valence-electron chi connectivity index (χ2n) is 7.10. The van der Waals surface area contributed by atoms with E-state index in [9.17, 15) is 9.90 Å². The Balaban J connectivity index is 2.29. The van der Waals surface area contributed by atoms with E-state index in [0.717, 1.165) is 44.4 Å². The third-order valence-electron chi connectivity index (χ3n) is 4.46. The summed E-state index contributed by atoms with van der Waals surface area (Å²) >= 11 is 0. The van der Waals surface area contributed by atoms with Crippen LogP contribution in [-0.2, 0) is 4.79 Å². The number of aliphatic hydroxyl groups is 1. The van der Waals surface area contributed by atoms with Gasteiger partial charge in [0.1, 0.15) is 0 Å². The zero-order valence-electron chi connectivity index (χ0n) is 13.0. The van der Waals surface area contributed by atoms with Crippen molar-refractivity contribution in [1.29, 1.82) is 0 Å². The molecule has 19 heavy (non-hydrogen) atoms. The Morgan fingerprint density at radius 2 is 1.84 bits per heavy atom. The summed E-state index contributed by atoms with van der Waals surface area (Å²) in [6, 6.07) is 0. The van der Waals surface area contributed by atoms with E-state index in [0.29, 0.717) is 12.0 Å². The second-order valence-corrected chi connectivity index (χ2v) is 7.10. The molecule has 112 valence electrons. The van der Waals surface area contributed by atoms with E-state index in [1.807, 2.05) is 6.92 Å². The molecule has 1 rings (SSSR count). The van der Waals surface area contributed by atoms with Gasteiger partial charge in [0.15, 0.2) is 0 Å². The molecule has 3 heteroatoms. The highest BCUT2D eigenvalue weighted by Crippen LogP contribution is 2.39. The fourth-order valence-corrected chi connectivity index (χ4v) is 3.02. The largest absolute Gasteiger partial charge is 0.391 e. The van der Waals surface area contributed by atoms with Gasteiger partial charge in [-0.05, 0) is 43.4 Å². The topological polar surface area (TPSA) is 49.3 Å². The minimum Gasteiger partial charge on any atom is -0.391 e. The lowest BCUT2D eigenvalue weighted by atomic mass is 9.69. The Kier molecular flexibility index (Phi) is 6.31. The van der Waals surface area contributed by atoms with E-state index in [2.05, 4.69) is 26.1 Å². The molecule has 0 heterocycles. The van der Waals surface area contributed by atoms with Gasteiger partial charge in [0.05, 0.1) is 6.10 Å². The summed E-state index contributed by atoms with van der Waals surface area (Å²) in [5.74, 6) is 1.04. The molecule has 0 bridgehead atoms. The lowest BCUT2D eigenvalue weighted by Crippen LogP contribution is -2.38. The van der Waals surface area contributed by atoms with Gasteiger partial charge in [-0.3, -0.25) is 4.79 Å². The zero-order chi connectivity index (χ0) is 14.5. The first-order chi connectivity index (χ1) is 8.84. The summed E-state index contributed by atoms with van der Waals surface area (Å²) in [7, 11) is 0. The molecule has 0 aromatic carbocycles. The third kappa shape index (κ3) is 5.52. The third-order valence-corrected chi connectivity index (χ3v) is 4.46. The van der Waals surface area contributed by atoms with Crippen LogP contribution in [0.2, 0.25) is 0 Å². The SMILES string of the molecule is CCCC(O)CNC(=O)C1CCC(C(C)(C)C)CC1. The van der Waals surface area contributed by atoms with Crippen molar-refractivity contribution in [3.8, 4) is 0 Å². The Morgan fingerprint density at radius 1 is 1.26 bits per heavy atom. The molecular formula is C16H31NO2. The molecule has 1 saturated carbocycles. The van der Waals surface area contributed by atoms with Gasteiger partial charge in [-0.25, -0.2) is 0 Å². The van der Waals surface area contributed by atoms with E-state index in [4.69, 9.17) is 0 Å². The average Bonchev–Trinajstić information content (AvgIpc) is 2.35. The van der Waals surface area contributed by atoms with Crippen LogP contribution in [0.15, 0.2) is 0 Å². The number of aliphatic hydroxyl groups excluding tert-OH is 1. The highest BCUT2D eigenvalue weighted by molar-refractivity contribution is 5.78. The molecule has 0 saturated heterocycles. The van der Waals surface area contributed by atoms with Crippen molar-refractivity contribution in [2.45, 2.75) is 72.3 Å². The van der Waals surface area contributed by atoms with Gasteiger partial charge in [0.25, 0.3) is 0 Å². The van der Waals surface area contributed by atoms with E-state index in [-0.39, 0.29) is 17.9 Å². The normalized spacial score (nSPS) is 25.9. The van der Waals surface area contributed by atoms with Crippen molar-refractivity contribution in [3.05, 3.63) is 0 Å². The Bertz CT molecular complexity index is 275. The molecule has 0 aromatic rings. The van der Waals surface area contributed by atoms with E-state index < -0.39 is 0 Å². The number of amides is 1. The molecule has 3 nitrogen and oxygen atoms in total. The molecule has 0 radical (unpaired) electrons. The number of hydrogen-bond donors (Lipinski definition) is 2. The predicted molar refractivity (Wildman–Crippen MR) is 78.8 cm³/mol. The van der Waals surface area contributed by atoms with Crippen LogP contribution in [0.5, 0.6) is 0 Å². The van der Waals surface area contributed by atoms with Gasteiger partial charge in [-0.2, -0.15) is 0 Å². The van der Waals surface area contributed by atoms with Crippen LogP contribution < -0.4 is 5.32 Å². The van der Waals surface area contributed by atoms with Crippen LogP contribution in [0.1, 0.15) is 66.2 Å². The van der Waals surface area contributed by atoms with Crippen molar-refractivity contribution < 1.29 is 9.90 Å². The Morgan fingerprint density at radius 3 is 2.32 bits per heavy atom. The van der Waals surface area contributed by atoms with Crippen molar-refractivity contribution in [2.24, 2.45) is 17.3 Å². The van der Waals surface area contributed by atoms with Gasteiger partial charge in [-0.15, -0.1) is 0 Å². The van der Waals surface area contributed by atoms with Crippen LogP contribution in [0, 0.1) is 17.3 Å². The summed E-state index contributed by atoms with van der Waals surface area (Å²) in [4.78, 5) is 12.0. The average molecular weight is 269 g/mol. The summed E-state index contributed by atoms with van der Waals surface area (Å²) in [6.45, 7) is 9.32. The monoisotopic (exact) mass is 269 g/mol. The highest BCUT2D eigenvalue weighted by atomic mass is 16.3. The molecule has 1 fully saturated rings. The van der Waals surface area contributed by atoms with Gasteiger partial charge in [-0.1, -0.05) is 34.1 Å². The maximum absolute atomic E-state index is 12.0. The Hall–Kier alpha value is -0.570. The van der Waals surface area contributed by atoms with Crippen molar-refractivity contribution in [1.82, 2.24) is 5.32 Å².